The molecule has 0 unspecified atom stereocenters. The predicted octanol–water partition coefficient (Wildman–Crippen LogP) is 3.16. The zero-order valence-electron chi connectivity index (χ0n) is 7.76. The minimum atomic E-state index is -1.83. The van der Waals surface area contributed by atoms with Crippen LogP contribution in [-0.4, -0.2) is 26.3 Å². The number of halogens is 2. The second-order valence-corrected chi connectivity index (χ2v) is 3.29. The van der Waals surface area contributed by atoms with Crippen LogP contribution in [0.1, 0.15) is 0 Å². The van der Waals surface area contributed by atoms with Gasteiger partial charge in [-0.25, -0.2) is 14.8 Å². The summed E-state index contributed by atoms with van der Waals surface area (Å²) < 4.78 is 0. The van der Waals surface area contributed by atoms with Crippen LogP contribution in [0, 0.1) is 0 Å². The van der Waals surface area contributed by atoms with Crippen LogP contribution < -0.4 is 0 Å². The first kappa shape index (κ1) is 12.5. The van der Waals surface area contributed by atoms with E-state index in [9.17, 15) is 0 Å². The highest BCUT2D eigenvalue weighted by Gasteiger charge is 2.02. The zero-order chi connectivity index (χ0) is 12.1. The molecule has 0 amide bonds. The molecule has 7 heteroatoms. The molecule has 84 valence electrons. The number of carboxylic acid groups (broad SMARTS) is 2. The van der Waals surface area contributed by atoms with Gasteiger partial charge >= 0.3 is 6.16 Å². The van der Waals surface area contributed by atoms with Gasteiger partial charge in [-0.3, -0.25) is 0 Å². The lowest BCUT2D eigenvalue weighted by atomic mass is 10.3. The maximum absolute atomic E-state index is 8.56. The third-order valence-electron chi connectivity index (χ3n) is 1.49. The quantitative estimate of drug-likeness (QED) is 0.760. The summed E-state index contributed by atoms with van der Waals surface area (Å²) in [5, 5.41) is 14.4. The number of nitrogens with zero attached hydrogens (tertiary/aromatic N) is 2. The van der Waals surface area contributed by atoms with Crippen molar-refractivity contribution in [3.05, 3.63) is 34.6 Å². The van der Waals surface area contributed by atoms with Gasteiger partial charge in [-0.15, -0.1) is 0 Å². The molecule has 2 N–H and O–H groups in total. The highest BCUT2D eigenvalue weighted by atomic mass is 35.5. The molecule has 0 aliphatic carbocycles. The Labute approximate surface area is 100 Å². The van der Waals surface area contributed by atoms with E-state index in [1.807, 2.05) is 24.3 Å². The van der Waals surface area contributed by atoms with Gasteiger partial charge in [-0.05, 0) is 12.1 Å². The summed E-state index contributed by atoms with van der Waals surface area (Å²) in [6.07, 6.45) is -1.83. The molecule has 0 saturated heterocycles. The Hall–Kier alpha value is -1.59. The van der Waals surface area contributed by atoms with Crippen molar-refractivity contribution in [2.75, 3.05) is 0 Å². The molecule has 1 aromatic heterocycles. The van der Waals surface area contributed by atoms with E-state index >= 15 is 0 Å². The molecule has 2 aromatic rings. The van der Waals surface area contributed by atoms with Crippen molar-refractivity contribution < 1.29 is 15.0 Å². The molecule has 5 nitrogen and oxygen atoms in total. The van der Waals surface area contributed by atoms with Gasteiger partial charge < -0.3 is 10.2 Å². The fraction of sp³-hybridized carbons (Fsp3) is 0. The number of carbonyl (C=O) groups is 1. The number of fused-ring (bicyclic) bond motifs is 1. The SMILES string of the molecule is Clc1nc2ccccc2nc1Cl.O=C(O)O. The molecule has 0 bridgehead atoms. The van der Waals surface area contributed by atoms with Crippen LogP contribution >= 0.6 is 23.2 Å². The summed E-state index contributed by atoms with van der Waals surface area (Å²) in [4.78, 5) is 16.6. The molecule has 1 heterocycles. The molecule has 0 aliphatic heterocycles. The van der Waals surface area contributed by atoms with Gasteiger partial charge in [0.05, 0.1) is 11.0 Å². The molecular formula is C9H6Cl2N2O3. The maximum Gasteiger partial charge on any atom is 0.503 e. The average Bonchev–Trinajstić information content (AvgIpc) is 2.19. The van der Waals surface area contributed by atoms with Crippen molar-refractivity contribution in [1.82, 2.24) is 9.97 Å². The lowest BCUT2D eigenvalue weighted by molar-refractivity contribution is 0.137. The fourth-order valence-electron chi connectivity index (χ4n) is 0.957. The lowest BCUT2D eigenvalue weighted by Crippen LogP contribution is -1.85. The highest BCUT2D eigenvalue weighted by molar-refractivity contribution is 6.40. The van der Waals surface area contributed by atoms with Crippen LogP contribution in [0.15, 0.2) is 24.3 Å². The first-order valence-corrected chi connectivity index (χ1v) is 4.76. The van der Waals surface area contributed by atoms with E-state index in [1.165, 1.54) is 0 Å². The normalized spacial score (nSPS) is 9.38. The third kappa shape index (κ3) is 3.52. The molecule has 2 rings (SSSR count). The van der Waals surface area contributed by atoms with Crippen molar-refractivity contribution in [2.24, 2.45) is 0 Å². The van der Waals surface area contributed by atoms with Crippen LogP contribution in [0.25, 0.3) is 11.0 Å². The largest absolute Gasteiger partial charge is 0.503 e. The van der Waals surface area contributed by atoms with E-state index in [0.29, 0.717) is 0 Å². The van der Waals surface area contributed by atoms with Gasteiger partial charge in [0.1, 0.15) is 0 Å². The van der Waals surface area contributed by atoms with Crippen LogP contribution in [0.3, 0.4) is 0 Å². The van der Waals surface area contributed by atoms with Crippen molar-refractivity contribution in [1.29, 1.82) is 0 Å². The minimum absolute atomic E-state index is 0.246. The molecule has 0 atom stereocenters. The van der Waals surface area contributed by atoms with Gasteiger partial charge in [-0.1, -0.05) is 35.3 Å². The van der Waals surface area contributed by atoms with Crippen molar-refractivity contribution >= 4 is 40.4 Å². The van der Waals surface area contributed by atoms with Gasteiger partial charge in [0.25, 0.3) is 0 Å². The minimum Gasteiger partial charge on any atom is -0.450 e. The Morgan fingerprint density at radius 3 is 1.62 bits per heavy atom. The third-order valence-corrected chi connectivity index (χ3v) is 2.11. The van der Waals surface area contributed by atoms with Gasteiger partial charge in [0, 0.05) is 0 Å². The Morgan fingerprint density at radius 2 is 1.31 bits per heavy atom. The van der Waals surface area contributed by atoms with Gasteiger partial charge in [0.15, 0.2) is 10.3 Å². The smallest absolute Gasteiger partial charge is 0.450 e. The van der Waals surface area contributed by atoms with Crippen molar-refractivity contribution in [3.8, 4) is 0 Å². The molecule has 16 heavy (non-hydrogen) atoms. The van der Waals surface area contributed by atoms with Crippen molar-refractivity contribution in [2.45, 2.75) is 0 Å². The molecule has 0 saturated carbocycles. The number of hydrogen-bond acceptors (Lipinski definition) is 3. The molecule has 0 fully saturated rings. The summed E-state index contributed by atoms with van der Waals surface area (Å²) in [5.74, 6) is 0. The summed E-state index contributed by atoms with van der Waals surface area (Å²) in [6, 6.07) is 7.43. The number of benzene rings is 1. The first-order valence-electron chi connectivity index (χ1n) is 4.00. The second kappa shape index (κ2) is 5.48. The van der Waals surface area contributed by atoms with E-state index in [0.717, 1.165) is 11.0 Å². The lowest BCUT2D eigenvalue weighted by Gasteiger charge is -1.97. The van der Waals surface area contributed by atoms with E-state index in [2.05, 4.69) is 9.97 Å². The number of aromatic nitrogens is 2. The van der Waals surface area contributed by atoms with Crippen LogP contribution in [0.5, 0.6) is 0 Å². The molecule has 0 spiro atoms. The van der Waals surface area contributed by atoms with E-state index in [-0.39, 0.29) is 10.3 Å². The number of rotatable bonds is 0. The number of hydrogen-bond donors (Lipinski definition) is 2. The predicted molar refractivity (Wildman–Crippen MR) is 60.2 cm³/mol. The summed E-state index contributed by atoms with van der Waals surface area (Å²) in [7, 11) is 0. The Morgan fingerprint density at radius 1 is 1.00 bits per heavy atom. The van der Waals surface area contributed by atoms with E-state index in [1.54, 1.807) is 0 Å². The number of para-hydroxylation sites is 2. The van der Waals surface area contributed by atoms with Crippen molar-refractivity contribution in [3.63, 3.8) is 0 Å². The Kier molecular flexibility index (Phi) is 4.28. The van der Waals surface area contributed by atoms with E-state index < -0.39 is 6.16 Å². The highest BCUT2D eigenvalue weighted by Crippen LogP contribution is 2.20. The molecule has 0 aliphatic rings. The first-order chi connectivity index (χ1) is 7.50. The van der Waals surface area contributed by atoms with Gasteiger partial charge in [-0.2, -0.15) is 0 Å². The van der Waals surface area contributed by atoms with Crippen LogP contribution in [0.4, 0.5) is 4.79 Å². The molecule has 1 aromatic carbocycles. The maximum atomic E-state index is 8.56. The van der Waals surface area contributed by atoms with E-state index in [4.69, 9.17) is 38.2 Å². The Bertz CT molecular complexity index is 475. The zero-order valence-corrected chi connectivity index (χ0v) is 9.27. The Balaban J connectivity index is 0.000000280. The monoisotopic (exact) mass is 260 g/mol. The standard InChI is InChI=1S/C8H4Cl2N2.CH2O3/c9-7-8(10)12-6-4-2-1-3-5(6)11-7;2-1(3)4/h1-4H;(H2,2,3,4). The topological polar surface area (TPSA) is 83.3 Å². The summed E-state index contributed by atoms with van der Waals surface area (Å²) >= 11 is 11.4. The van der Waals surface area contributed by atoms with Crippen LogP contribution in [-0.2, 0) is 0 Å². The average molecular weight is 261 g/mol. The molecule has 0 radical (unpaired) electrons. The molecular weight excluding hydrogens is 255 g/mol. The van der Waals surface area contributed by atoms with Gasteiger partial charge in [0.2, 0.25) is 0 Å². The summed E-state index contributed by atoms with van der Waals surface area (Å²) in [5.41, 5.74) is 1.51. The second-order valence-electron chi connectivity index (χ2n) is 2.58. The summed E-state index contributed by atoms with van der Waals surface area (Å²) in [6.45, 7) is 0. The van der Waals surface area contributed by atoms with Crippen LogP contribution in [0.2, 0.25) is 10.3 Å². The fourth-order valence-corrected chi connectivity index (χ4v) is 1.22.